The quantitative estimate of drug-likeness (QED) is 0.614. The van der Waals surface area contributed by atoms with Crippen LogP contribution in [-0.4, -0.2) is 32.5 Å². The van der Waals surface area contributed by atoms with Gasteiger partial charge >= 0.3 is 5.97 Å². The molecule has 1 N–H and O–H groups in total. The van der Waals surface area contributed by atoms with Gasteiger partial charge in [0.25, 0.3) is 0 Å². The predicted octanol–water partition coefficient (Wildman–Crippen LogP) is 2.08. The number of carbonyl (C=O) groups is 1. The highest BCUT2D eigenvalue weighted by Crippen LogP contribution is 2.25. The number of aromatic nitrogens is 2. The summed E-state index contributed by atoms with van der Waals surface area (Å²) in [7, 11) is 0. The van der Waals surface area contributed by atoms with Crippen LogP contribution in [0.2, 0.25) is 0 Å². The van der Waals surface area contributed by atoms with Gasteiger partial charge in [-0.15, -0.1) is 0 Å². The minimum absolute atomic E-state index is 0.0476. The lowest BCUT2D eigenvalue weighted by molar-refractivity contribution is -0.142. The van der Waals surface area contributed by atoms with Crippen LogP contribution in [0.25, 0.3) is 0 Å². The molecule has 0 saturated heterocycles. The van der Waals surface area contributed by atoms with Crippen molar-refractivity contribution in [1.82, 2.24) is 9.55 Å². The SMILES string of the molecule is CCOC(=O)C(C)Sc1ncc(CO)n1CC(C)C. The van der Waals surface area contributed by atoms with Crippen LogP contribution in [0.1, 0.15) is 33.4 Å². The number of hydrogen-bond donors (Lipinski definition) is 1. The fraction of sp³-hybridized carbons (Fsp3) is 0.692. The molecule has 0 spiro atoms. The Bertz CT molecular complexity index is 418. The second kappa shape index (κ2) is 7.55. The van der Waals surface area contributed by atoms with Crippen molar-refractivity contribution in [2.45, 2.75) is 51.3 Å². The summed E-state index contributed by atoms with van der Waals surface area (Å²) < 4.78 is 6.95. The van der Waals surface area contributed by atoms with Crippen LogP contribution in [0, 0.1) is 5.92 Å². The van der Waals surface area contributed by atoms with E-state index in [4.69, 9.17) is 4.74 Å². The molecule has 0 radical (unpaired) electrons. The topological polar surface area (TPSA) is 64.3 Å². The van der Waals surface area contributed by atoms with Gasteiger partial charge in [0.2, 0.25) is 0 Å². The summed E-state index contributed by atoms with van der Waals surface area (Å²) in [5, 5.41) is 9.75. The van der Waals surface area contributed by atoms with E-state index in [0.717, 1.165) is 17.4 Å². The van der Waals surface area contributed by atoms with Gasteiger partial charge in [0.05, 0.1) is 25.1 Å². The van der Waals surface area contributed by atoms with Gasteiger partial charge in [-0.05, 0) is 19.8 Å². The molecular formula is C13H22N2O3S. The molecule has 0 fully saturated rings. The number of aliphatic hydroxyl groups excluding tert-OH is 1. The van der Waals surface area contributed by atoms with E-state index in [-0.39, 0.29) is 17.8 Å². The fourth-order valence-corrected chi connectivity index (χ4v) is 2.55. The van der Waals surface area contributed by atoms with Gasteiger partial charge in [-0.2, -0.15) is 0 Å². The van der Waals surface area contributed by atoms with Gasteiger partial charge in [0.15, 0.2) is 5.16 Å². The Hall–Kier alpha value is -1.01. The standard InChI is InChI=1S/C13H22N2O3S/c1-5-18-12(17)10(4)19-13-14-6-11(8-16)15(13)7-9(2)3/h6,9-10,16H,5,7-8H2,1-4H3. The molecule has 0 aromatic carbocycles. The summed E-state index contributed by atoms with van der Waals surface area (Å²) in [6, 6.07) is 0. The van der Waals surface area contributed by atoms with E-state index < -0.39 is 0 Å². The van der Waals surface area contributed by atoms with E-state index >= 15 is 0 Å². The lowest BCUT2D eigenvalue weighted by Crippen LogP contribution is -2.18. The van der Waals surface area contributed by atoms with E-state index in [2.05, 4.69) is 18.8 Å². The number of ether oxygens (including phenoxy) is 1. The first-order valence-electron chi connectivity index (χ1n) is 6.48. The predicted molar refractivity (Wildman–Crippen MR) is 74.9 cm³/mol. The molecule has 5 nitrogen and oxygen atoms in total. The summed E-state index contributed by atoms with van der Waals surface area (Å²) in [6.07, 6.45) is 1.66. The number of thioether (sulfide) groups is 1. The molecule has 108 valence electrons. The van der Waals surface area contributed by atoms with Crippen LogP contribution >= 0.6 is 11.8 Å². The van der Waals surface area contributed by atoms with Crippen molar-refractivity contribution in [3.05, 3.63) is 11.9 Å². The Morgan fingerprint density at radius 3 is 2.74 bits per heavy atom. The highest BCUT2D eigenvalue weighted by Gasteiger charge is 2.20. The molecule has 0 aliphatic rings. The fourth-order valence-electron chi connectivity index (χ4n) is 1.64. The molecule has 0 amide bonds. The highest BCUT2D eigenvalue weighted by molar-refractivity contribution is 8.00. The van der Waals surface area contributed by atoms with E-state index in [0.29, 0.717) is 12.5 Å². The number of esters is 1. The maximum absolute atomic E-state index is 11.6. The Kier molecular flexibility index (Phi) is 6.37. The van der Waals surface area contributed by atoms with Gasteiger partial charge in [0.1, 0.15) is 5.25 Å². The molecule has 0 bridgehead atoms. The summed E-state index contributed by atoms with van der Waals surface area (Å²) in [5.41, 5.74) is 0.771. The van der Waals surface area contributed by atoms with Crippen molar-refractivity contribution in [2.24, 2.45) is 5.92 Å². The monoisotopic (exact) mass is 286 g/mol. The Labute approximate surface area is 118 Å². The lowest BCUT2D eigenvalue weighted by atomic mass is 10.2. The Morgan fingerprint density at radius 1 is 1.53 bits per heavy atom. The minimum atomic E-state index is -0.306. The Morgan fingerprint density at radius 2 is 2.21 bits per heavy atom. The molecule has 1 atom stereocenters. The van der Waals surface area contributed by atoms with Gasteiger partial charge in [-0.3, -0.25) is 4.79 Å². The molecule has 1 aromatic rings. The summed E-state index contributed by atoms with van der Waals surface area (Å²) >= 11 is 1.36. The normalized spacial score (nSPS) is 12.7. The highest BCUT2D eigenvalue weighted by atomic mass is 32.2. The lowest BCUT2D eigenvalue weighted by Gasteiger charge is -2.15. The van der Waals surface area contributed by atoms with E-state index in [1.807, 2.05) is 4.57 Å². The number of imidazole rings is 1. The van der Waals surface area contributed by atoms with Gasteiger partial charge in [-0.25, -0.2) is 4.98 Å². The summed E-state index contributed by atoms with van der Waals surface area (Å²) in [6.45, 7) is 8.90. The van der Waals surface area contributed by atoms with Crippen LogP contribution in [0.3, 0.4) is 0 Å². The van der Waals surface area contributed by atoms with Crippen molar-refractivity contribution in [3.8, 4) is 0 Å². The zero-order chi connectivity index (χ0) is 14.4. The molecule has 1 heterocycles. The smallest absolute Gasteiger partial charge is 0.319 e. The number of rotatable bonds is 7. The minimum Gasteiger partial charge on any atom is -0.465 e. The van der Waals surface area contributed by atoms with E-state index in [1.165, 1.54) is 11.8 Å². The zero-order valence-corrected chi connectivity index (χ0v) is 12.7. The average molecular weight is 286 g/mol. The molecule has 6 heteroatoms. The largest absolute Gasteiger partial charge is 0.465 e. The second-order valence-corrected chi connectivity index (χ2v) is 6.01. The maximum atomic E-state index is 11.6. The van der Waals surface area contributed by atoms with Crippen molar-refractivity contribution in [3.63, 3.8) is 0 Å². The van der Waals surface area contributed by atoms with Crippen molar-refractivity contribution in [1.29, 1.82) is 0 Å². The molecule has 1 unspecified atom stereocenters. The molecular weight excluding hydrogens is 264 g/mol. The van der Waals surface area contributed by atoms with Crippen LogP contribution in [0.5, 0.6) is 0 Å². The maximum Gasteiger partial charge on any atom is 0.319 e. The summed E-state index contributed by atoms with van der Waals surface area (Å²) in [4.78, 5) is 15.9. The average Bonchev–Trinajstić information content (AvgIpc) is 2.71. The van der Waals surface area contributed by atoms with Crippen molar-refractivity contribution in [2.75, 3.05) is 6.61 Å². The van der Waals surface area contributed by atoms with Crippen molar-refractivity contribution >= 4 is 17.7 Å². The van der Waals surface area contributed by atoms with Gasteiger partial charge < -0.3 is 14.4 Å². The molecule has 1 aromatic heterocycles. The zero-order valence-electron chi connectivity index (χ0n) is 11.9. The summed E-state index contributed by atoms with van der Waals surface area (Å²) in [5.74, 6) is 0.203. The van der Waals surface area contributed by atoms with E-state index in [1.54, 1.807) is 20.0 Å². The van der Waals surface area contributed by atoms with Crippen LogP contribution in [0.15, 0.2) is 11.4 Å². The molecule has 0 aliphatic heterocycles. The molecule has 19 heavy (non-hydrogen) atoms. The van der Waals surface area contributed by atoms with Crippen LogP contribution in [-0.2, 0) is 22.7 Å². The first-order valence-corrected chi connectivity index (χ1v) is 7.36. The Balaban J connectivity index is 2.82. The van der Waals surface area contributed by atoms with Gasteiger partial charge in [-0.1, -0.05) is 25.6 Å². The molecule has 1 rings (SSSR count). The van der Waals surface area contributed by atoms with Crippen LogP contribution in [0.4, 0.5) is 0 Å². The number of carbonyl (C=O) groups excluding carboxylic acids is 1. The number of hydrogen-bond acceptors (Lipinski definition) is 5. The number of nitrogens with zero attached hydrogens (tertiary/aromatic N) is 2. The molecule has 0 saturated carbocycles. The van der Waals surface area contributed by atoms with Gasteiger partial charge in [0, 0.05) is 6.54 Å². The van der Waals surface area contributed by atoms with Crippen molar-refractivity contribution < 1.29 is 14.6 Å². The number of aliphatic hydroxyl groups is 1. The first kappa shape index (κ1) is 16.0. The first-order chi connectivity index (χ1) is 8.99. The van der Waals surface area contributed by atoms with Crippen LogP contribution < -0.4 is 0 Å². The second-order valence-electron chi connectivity index (χ2n) is 4.71. The third-order valence-corrected chi connectivity index (χ3v) is 3.59. The van der Waals surface area contributed by atoms with E-state index in [9.17, 15) is 9.90 Å². The third kappa shape index (κ3) is 4.54. The third-order valence-electron chi connectivity index (χ3n) is 2.51. The molecule has 0 aliphatic carbocycles.